The maximum absolute atomic E-state index is 10.9. The van der Waals surface area contributed by atoms with Gasteiger partial charge in [0.25, 0.3) is 0 Å². The number of piperidine rings is 1. The average Bonchev–Trinajstić information content (AvgIpc) is 2.21. The predicted octanol–water partition coefficient (Wildman–Crippen LogP) is 0.657. The molecule has 1 aromatic rings. The van der Waals surface area contributed by atoms with E-state index in [9.17, 15) is 4.79 Å². The van der Waals surface area contributed by atoms with Crippen LogP contribution in [-0.4, -0.2) is 17.4 Å². The number of nitrogen functional groups attached to an aromatic ring is 1. The number of rotatable bonds is 1. The third-order valence-corrected chi connectivity index (χ3v) is 2.55. The van der Waals surface area contributed by atoms with Gasteiger partial charge >= 0.3 is 0 Å². The molecule has 0 radical (unpaired) electrons. The van der Waals surface area contributed by atoms with Gasteiger partial charge < -0.3 is 11.1 Å². The lowest BCUT2D eigenvalue weighted by Crippen LogP contribution is -2.33. The van der Waals surface area contributed by atoms with Gasteiger partial charge in [0, 0.05) is 25.1 Å². The Morgan fingerprint density at radius 3 is 2.93 bits per heavy atom. The molecule has 1 aromatic heterocycles. The lowest BCUT2D eigenvalue weighted by Gasteiger charge is -2.22. The molecule has 0 bridgehead atoms. The molecule has 2 heterocycles. The first-order valence-electron chi connectivity index (χ1n) is 4.74. The number of hydrogen-bond donors (Lipinski definition) is 2. The number of nitrogens with zero attached hydrogens (tertiary/aromatic N) is 1. The van der Waals surface area contributed by atoms with E-state index in [4.69, 9.17) is 5.73 Å². The second-order valence-corrected chi connectivity index (χ2v) is 3.56. The van der Waals surface area contributed by atoms with E-state index in [0.717, 1.165) is 12.0 Å². The quantitative estimate of drug-likeness (QED) is 0.685. The van der Waals surface area contributed by atoms with Crippen LogP contribution in [0.4, 0.5) is 5.82 Å². The molecular weight excluding hydrogens is 178 g/mol. The Labute approximate surface area is 82.5 Å². The minimum absolute atomic E-state index is 0.143. The highest BCUT2D eigenvalue weighted by molar-refractivity contribution is 5.76. The van der Waals surface area contributed by atoms with Gasteiger partial charge in [-0.15, -0.1) is 0 Å². The molecule has 74 valence electrons. The zero-order valence-electron chi connectivity index (χ0n) is 7.86. The summed E-state index contributed by atoms with van der Waals surface area (Å²) in [6, 6.07) is 3.77. The molecule has 0 unspecified atom stereocenters. The fraction of sp³-hybridized carbons (Fsp3) is 0.400. The van der Waals surface area contributed by atoms with Gasteiger partial charge in [-0.3, -0.25) is 4.79 Å². The maximum atomic E-state index is 10.9. The normalized spacial score (nSPS) is 21.7. The van der Waals surface area contributed by atoms with Crippen LogP contribution in [0.25, 0.3) is 0 Å². The van der Waals surface area contributed by atoms with Crippen LogP contribution in [0.1, 0.15) is 24.3 Å². The van der Waals surface area contributed by atoms with Crippen molar-refractivity contribution in [3.05, 3.63) is 23.9 Å². The van der Waals surface area contributed by atoms with E-state index in [1.54, 1.807) is 12.3 Å². The first kappa shape index (κ1) is 8.99. The van der Waals surface area contributed by atoms with Gasteiger partial charge in [0.1, 0.15) is 5.82 Å². The fourth-order valence-corrected chi connectivity index (χ4v) is 1.68. The van der Waals surface area contributed by atoms with Gasteiger partial charge in [0.2, 0.25) is 5.91 Å². The summed E-state index contributed by atoms with van der Waals surface area (Å²) in [7, 11) is 0. The molecule has 1 fully saturated rings. The third kappa shape index (κ3) is 1.84. The lowest BCUT2D eigenvalue weighted by atomic mass is 9.93. The first-order chi connectivity index (χ1) is 6.75. The molecule has 1 saturated heterocycles. The molecule has 2 rings (SSSR count). The van der Waals surface area contributed by atoms with E-state index in [-0.39, 0.29) is 5.91 Å². The largest absolute Gasteiger partial charge is 0.384 e. The SMILES string of the molecule is Nc1ccc([C@H]2CCC(=O)NC2)cn1. The Hall–Kier alpha value is -1.58. The molecule has 3 N–H and O–H groups in total. The summed E-state index contributed by atoms with van der Waals surface area (Å²) in [6.07, 6.45) is 3.30. The number of pyridine rings is 1. The van der Waals surface area contributed by atoms with Gasteiger partial charge in [-0.05, 0) is 18.1 Å². The van der Waals surface area contributed by atoms with Crippen molar-refractivity contribution in [3.63, 3.8) is 0 Å². The molecule has 0 aliphatic carbocycles. The zero-order valence-corrected chi connectivity index (χ0v) is 7.86. The minimum Gasteiger partial charge on any atom is -0.384 e. The second-order valence-electron chi connectivity index (χ2n) is 3.56. The van der Waals surface area contributed by atoms with Crippen LogP contribution < -0.4 is 11.1 Å². The monoisotopic (exact) mass is 191 g/mol. The van der Waals surface area contributed by atoms with Crippen LogP contribution in [0.3, 0.4) is 0 Å². The van der Waals surface area contributed by atoms with Crippen LogP contribution in [0.15, 0.2) is 18.3 Å². The molecule has 1 amide bonds. The Kier molecular flexibility index (Phi) is 2.35. The van der Waals surface area contributed by atoms with Crippen molar-refractivity contribution in [2.45, 2.75) is 18.8 Å². The number of carbonyl (C=O) groups excluding carboxylic acids is 1. The molecule has 1 atom stereocenters. The summed E-state index contributed by atoms with van der Waals surface area (Å²) in [4.78, 5) is 15.0. The van der Waals surface area contributed by atoms with Gasteiger partial charge in [0.15, 0.2) is 0 Å². The van der Waals surface area contributed by atoms with Crippen molar-refractivity contribution in [1.29, 1.82) is 0 Å². The molecular formula is C10H13N3O. The minimum atomic E-state index is 0.143. The van der Waals surface area contributed by atoms with E-state index in [1.807, 2.05) is 6.07 Å². The summed E-state index contributed by atoms with van der Waals surface area (Å²) < 4.78 is 0. The fourth-order valence-electron chi connectivity index (χ4n) is 1.68. The van der Waals surface area contributed by atoms with Gasteiger partial charge in [0.05, 0.1) is 0 Å². The summed E-state index contributed by atoms with van der Waals surface area (Å²) in [5.41, 5.74) is 6.65. The van der Waals surface area contributed by atoms with Gasteiger partial charge in [-0.25, -0.2) is 4.98 Å². The Morgan fingerprint density at radius 2 is 2.36 bits per heavy atom. The number of carbonyl (C=O) groups is 1. The molecule has 4 heteroatoms. The summed E-state index contributed by atoms with van der Waals surface area (Å²) >= 11 is 0. The lowest BCUT2D eigenvalue weighted by molar-refractivity contribution is -0.122. The number of nitrogens with one attached hydrogen (secondary N) is 1. The smallest absolute Gasteiger partial charge is 0.220 e. The van der Waals surface area contributed by atoms with Crippen LogP contribution in [0, 0.1) is 0 Å². The number of anilines is 1. The van der Waals surface area contributed by atoms with Crippen LogP contribution in [0.2, 0.25) is 0 Å². The van der Waals surface area contributed by atoms with Crippen LogP contribution in [0.5, 0.6) is 0 Å². The maximum Gasteiger partial charge on any atom is 0.220 e. The summed E-state index contributed by atoms with van der Waals surface area (Å²) in [6.45, 7) is 0.713. The number of amides is 1. The highest BCUT2D eigenvalue weighted by Gasteiger charge is 2.19. The molecule has 0 spiro atoms. The third-order valence-electron chi connectivity index (χ3n) is 2.55. The standard InChI is InChI=1S/C10H13N3O/c11-9-3-1-7(5-12-9)8-2-4-10(14)13-6-8/h1,3,5,8H,2,4,6H2,(H2,11,12)(H,13,14)/t8-/m0/s1. The molecule has 4 nitrogen and oxygen atoms in total. The highest BCUT2D eigenvalue weighted by atomic mass is 16.1. The van der Waals surface area contributed by atoms with Crippen molar-refractivity contribution in [1.82, 2.24) is 10.3 Å². The van der Waals surface area contributed by atoms with Crippen LogP contribution in [-0.2, 0) is 4.79 Å². The average molecular weight is 191 g/mol. The van der Waals surface area contributed by atoms with E-state index in [2.05, 4.69) is 10.3 Å². The van der Waals surface area contributed by atoms with Crippen molar-refractivity contribution in [2.24, 2.45) is 0 Å². The highest BCUT2D eigenvalue weighted by Crippen LogP contribution is 2.22. The van der Waals surface area contributed by atoms with E-state index >= 15 is 0 Å². The second kappa shape index (κ2) is 3.65. The predicted molar refractivity (Wildman–Crippen MR) is 53.6 cm³/mol. The van der Waals surface area contributed by atoms with Gasteiger partial charge in [-0.1, -0.05) is 6.07 Å². The van der Waals surface area contributed by atoms with Crippen molar-refractivity contribution < 1.29 is 4.79 Å². The first-order valence-corrected chi connectivity index (χ1v) is 4.74. The molecule has 1 aliphatic rings. The van der Waals surface area contributed by atoms with E-state index in [1.165, 1.54) is 0 Å². The summed E-state index contributed by atoms with van der Waals surface area (Å²) in [5.74, 6) is 1.07. The van der Waals surface area contributed by atoms with Crippen molar-refractivity contribution >= 4 is 11.7 Å². The Morgan fingerprint density at radius 1 is 1.50 bits per heavy atom. The van der Waals surface area contributed by atoms with Crippen molar-refractivity contribution in [2.75, 3.05) is 12.3 Å². The Balaban J connectivity index is 2.08. The molecule has 1 aliphatic heterocycles. The summed E-state index contributed by atoms with van der Waals surface area (Å²) in [5, 5.41) is 2.85. The number of hydrogen-bond acceptors (Lipinski definition) is 3. The Bertz CT molecular complexity index is 324. The van der Waals surface area contributed by atoms with Gasteiger partial charge in [-0.2, -0.15) is 0 Å². The topological polar surface area (TPSA) is 68.0 Å². The molecule has 0 saturated carbocycles. The zero-order chi connectivity index (χ0) is 9.97. The van der Waals surface area contributed by atoms with Crippen LogP contribution >= 0.6 is 0 Å². The van der Waals surface area contributed by atoms with E-state index in [0.29, 0.717) is 24.7 Å². The number of aromatic nitrogens is 1. The number of nitrogens with two attached hydrogens (primary N) is 1. The van der Waals surface area contributed by atoms with E-state index < -0.39 is 0 Å². The molecule has 14 heavy (non-hydrogen) atoms. The molecule has 0 aromatic carbocycles. The van der Waals surface area contributed by atoms with Crippen molar-refractivity contribution in [3.8, 4) is 0 Å².